The molecule has 0 aromatic heterocycles. The van der Waals surface area contributed by atoms with Crippen LogP contribution in [0.3, 0.4) is 0 Å². The molecule has 88 valence electrons. The molecule has 2 atom stereocenters. The van der Waals surface area contributed by atoms with E-state index in [9.17, 15) is 0 Å². The van der Waals surface area contributed by atoms with Crippen molar-refractivity contribution in [3.05, 3.63) is 0 Å². The first kappa shape index (κ1) is 11.4. The summed E-state index contributed by atoms with van der Waals surface area (Å²) in [6, 6.07) is 0.736. The fourth-order valence-corrected chi connectivity index (χ4v) is 2.90. The maximum absolute atomic E-state index is 3.63. The van der Waals surface area contributed by atoms with Crippen molar-refractivity contribution >= 4 is 0 Å². The molecule has 2 aliphatic heterocycles. The van der Waals surface area contributed by atoms with Gasteiger partial charge >= 0.3 is 0 Å². The molecule has 0 radical (unpaired) electrons. The van der Waals surface area contributed by atoms with Gasteiger partial charge in [0.25, 0.3) is 0 Å². The highest BCUT2D eigenvalue weighted by Gasteiger charge is 2.33. The Hall–Kier alpha value is -0.120. The molecule has 3 heteroatoms. The Morgan fingerprint density at radius 2 is 2.07 bits per heavy atom. The van der Waals surface area contributed by atoms with Crippen LogP contribution in [-0.2, 0) is 0 Å². The van der Waals surface area contributed by atoms with Crippen molar-refractivity contribution in [1.82, 2.24) is 15.1 Å². The van der Waals surface area contributed by atoms with Gasteiger partial charge in [0.1, 0.15) is 0 Å². The Morgan fingerprint density at radius 3 is 2.67 bits per heavy atom. The lowest BCUT2D eigenvalue weighted by Crippen LogP contribution is -2.59. The molecule has 3 nitrogen and oxygen atoms in total. The van der Waals surface area contributed by atoms with Crippen molar-refractivity contribution in [2.45, 2.75) is 38.9 Å². The van der Waals surface area contributed by atoms with E-state index < -0.39 is 0 Å². The van der Waals surface area contributed by atoms with Crippen LogP contribution >= 0.6 is 0 Å². The van der Waals surface area contributed by atoms with Gasteiger partial charge in [0.2, 0.25) is 0 Å². The van der Waals surface area contributed by atoms with Crippen molar-refractivity contribution in [1.29, 1.82) is 0 Å². The molecule has 15 heavy (non-hydrogen) atoms. The van der Waals surface area contributed by atoms with Crippen LogP contribution in [0, 0.1) is 5.92 Å². The van der Waals surface area contributed by atoms with Gasteiger partial charge < -0.3 is 10.2 Å². The molecular formula is C12H25N3. The lowest BCUT2D eigenvalue weighted by Gasteiger charge is -2.45. The molecule has 2 aliphatic rings. The highest BCUT2D eigenvalue weighted by molar-refractivity contribution is 4.88. The van der Waals surface area contributed by atoms with Gasteiger partial charge in [-0.25, -0.2) is 0 Å². The molecule has 0 spiro atoms. The van der Waals surface area contributed by atoms with Crippen LogP contribution in [0.2, 0.25) is 0 Å². The van der Waals surface area contributed by atoms with Crippen LogP contribution in [0.25, 0.3) is 0 Å². The summed E-state index contributed by atoms with van der Waals surface area (Å²) in [4.78, 5) is 5.17. The summed E-state index contributed by atoms with van der Waals surface area (Å²) in [5.41, 5.74) is 0. The molecule has 2 fully saturated rings. The summed E-state index contributed by atoms with van der Waals surface area (Å²) < 4.78 is 0. The Bertz CT molecular complexity index is 199. The van der Waals surface area contributed by atoms with E-state index in [0.717, 1.165) is 12.0 Å². The lowest BCUT2D eigenvalue weighted by atomic mass is 9.99. The Morgan fingerprint density at radius 1 is 1.27 bits per heavy atom. The average Bonchev–Trinajstić information content (AvgIpc) is 2.70. The highest BCUT2D eigenvalue weighted by atomic mass is 15.4. The molecule has 2 saturated heterocycles. The van der Waals surface area contributed by atoms with Gasteiger partial charge in [0.15, 0.2) is 0 Å². The first-order valence-corrected chi connectivity index (χ1v) is 6.36. The molecule has 2 rings (SSSR count). The van der Waals surface area contributed by atoms with Crippen molar-refractivity contribution in [2.24, 2.45) is 5.92 Å². The molecule has 0 aliphatic carbocycles. The largest absolute Gasteiger partial charge is 0.304 e. The minimum Gasteiger partial charge on any atom is -0.304 e. The number of hydrogen-bond acceptors (Lipinski definition) is 3. The Balaban J connectivity index is 2.00. The van der Waals surface area contributed by atoms with E-state index in [1.54, 1.807) is 0 Å². The monoisotopic (exact) mass is 211 g/mol. The van der Waals surface area contributed by atoms with Gasteiger partial charge in [-0.05, 0) is 32.4 Å². The van der Waals surface area contributed by atoms with Gasteiger partial charge in [0, 0.05) is 25.7 Å². The van der Waals surface area contributed by atoms with Crippen LogP contribution < -0.4 is 5.32 Å². The maximum atomic E-state index is 3.63. The topological polar surface area (TPSA) is 18.5 Å². The SMILES string of the molecule is CC(C)C1CN(C)CCN1C1CCCN1. The van der Waals surface area contributed by atoms with E-state index in [0.29, 0.717) is 6.17 Å². The highest BCUT2D eigenvalue weighted by Crippen LogP contribution is 2.21. The molecule has 0 bridgehead atoms. The predicted molar refractivity (Wildman–Crippen MR) is 63.9 cm³/mol. The first-order valence-electron chi connectivity index (χ1n) is 6.36. The van der Waals surface area contributed by atoms with E-state index in [2.05, 4.69) is 36.0 Å². The molecule has 0 aromatic carbocycles. The zero-order valence-electron chi connectivity index (χ0n) is 10.4. The first-order chi connectivity index (χ1) is 7.18. The van der Waals surface area contributed by atoms with Gasteiger partial charge in [-0.2, -0.15) is 0 Å². The number of nitrogens with one attached hydrogen (secondary N) is 1. The summed E-state index contributed by atoms with van der Waals surface area (Å²) in [7, 11) is 2.24. The van der Waals surface area contributed by atoms with Gasteiger partial charge in [-0.15, -0.1) is 0 Å². The van der Waals surface area contributed by atoms with Crippen molar-refractivity contribution in [3.63, 3.8) is 0 Å². The Labute approximate surface area is 93.8 Å². The van der Waals surface area contributed by atoms with Crippen LogP contribution in [-0.4, -0.2) is 55.2 Å². The van der Waals surface area contributed by atoms with Crippen LogP contribution in [0.5, 0.6) is 0 Å². The van der Waals surface area contributed by atoms with E-state index in [-0.39, 0.29) is 0 Å². The normalized spacial score (nSPS) is 35.2. The smallest absolute Gasteiger partial charge is 0.0601 e. The van der Waals surface area contributed by atoms with E-state index in [1.807, 2.05) is 0 Å². The van der Waals surface area contributed by atoms with Crippen LogP contribution in [0.4, 0.5) is 0 Å². The second kappa shape index (κ2) is 4.81. The Kier molecular flexibility index (Phi) is 3.65. The summed E-state index contributed by atoms with van der Waals surface area (Å²) in [6.45, 7) is 9.60. The minimum absolute atomic E-state index is 0.658. The molecule has 2 heterocycles. The molecular weight excluding hydrogens is 186 g/mol. The fourth-order valence-electron chi connectivity index (χ4n) is 2.90. The van der Waals surface area contributed by atoms with Gasteiger partial charge in [-0.3, -0.25) is 4.90 Å². The second-order valence-electron chi connectivity index (χ2n) is 5.42. The summed E-state index contributed by atoms with van der Waals surface area (Å²) >= 11 is 0. The number of rotatable bonds is 2. The predicted octanol–water partition coefficient (Wildman–Crippen LogP) is 0.968. The number of hydrogen-bond donors (Lipinski definition) is 1. The lowest BCUT2D eigenvalue weighted by molar-refractivity contribution is 0.0234. The van der Waals surface area contributed by atoms with Crippen molar-refractivity contribution < 1.29 is 0 Å². The third-order valence-electron chi connectivity index (χ3n) is 3.87. The third kappa shape index (κ3) is 2.52. The van der Waals surface area contributed by atoms with Crippen LogP contribution in [0.1, 0.15) is 26.7 Å². The summed E-state index contributed by atoms with van der Waals surface area (Å²) in [5.74, 6) is 0.759. The summed E-state index contributed by atoms with van der Waals surface area (Å²) in [6.07, 6.45) is 3.35. The second-order valence-corrected chi connectivity index (χ2v) is 5.42. The molecule has 0 amide bonds. The zero-order chi connectivity index (χ0) is 10.8. The average molecular weight is 211 g/mol. The van der Waals surface area contributed by atoms with Crippen molar-refractivity contribution in [3.8, 4) is 0 Å². The maximum Gasteiger partial charge on any atom is 0.0601 e. The van der Waals surface area contributed by atoms with Gasteiger partial charge in [0.05, 0.1) is 6.17 Å². The standard InChI is InChI=1S/C12H25N3/c1-10(2)11-9-14(3)7-8-15(11)12-5-4-6-13-12/h10-13H,4-9H2,1-3H3. The number of likely N-dealkylation sites (N-methyl/N-ethyl adjacent to an activating group) is 1. The fraction of sp³-hybridized carbons (Fsp3) is 1.00. The van der Waals surface area contributed by atoms with Gasteiger partial charge in [-0.1, -0.05) is 13.8 Å². The van der Waals surface area contributed by atoms with E-state index >= 15 is 0 Å². The van der Waals surface area contributed by atoms with Crippen molar-refractivity contribution in [2.75, 3.05) is 33.2 Å². The number of nitrogens with zero attached hydrogens (tertiary/aromatic N) is 2. The zero-order valence-corrected chi connectivity index (χ0v) is 10.4. The summed E-state index contributed by atoms with van der Waals surface area (Å²) in [5, 5.41) is 3.63. The molecule has 0 saturated carbocycles. The number of piperazine rings is 1. The quantitative estimate of drug-likeness (QED) is 0.734. The van der Waals surface area contributed by atoms with Crippen LogP contribution in [0.15, 0.2) is 0 Å². The molecule has 2 unspecified atom stereocenters. The molecule has 1 N–H and O–H groups in total. The van der Waals surface area contributed by atoms with E-state index in [1.165, 1.54) is 39.0 Å². The third-order valence-corrected chi connectivity index (χ3v) is 3.87. The van der Waals surface area contributed by atoms with E-state index in [4.69, 9.17) is 0 Å². The minimum atomic E-state index is 0.658. The molecule has 0 aromatic rings.